The molecule has 1 heterocycles. The van der Waals surface area contributed by atoms with Gasteiger partial charge in [0.25, 0.3) is 0 Å². The number of alkyl halides is 4. The molecule has 0 amide bonds. The van der Waals surface area contributed by atoms with Crippen LogP contribution in [0, 0.1) is 0 Å². The number of thiophene rings is 1. The zero-order chi connectivity index (χ0) is 11.6. The summed E-state index contributed by atoms with van der Waals surface area (Å²) >= 11 is 4.13. The standard InChI is InChI=1S/C8H5BrF4OS/c9-6-2-1-4(15-6)3-5(14)8(12,13)7(10)11/h1-2,7H,3H2. The highest BCUT2D eigenvalue weighted by Gasteiger charge is 2.48. The van der Waals surface area contributed by atoms with Gasteiger partial charge in [0.2, 0.25) is 5.78 Å². The Kier molecular flexibility index (Phi) is 3.88. The van der Waals surface area contributed by atoms with Gasteiger partial charge in [-0.25, -0.2) is 8.78 Å². The van der Waals surface area contributed by atoms with Gasteiger partial charge in [0, 0.05) is 11.3 Å². The topological polar surface area (TPSA) is 17.1 Å². The van der Waals surface area contributed by atoms with E-state index in [9.17, 15) is 22.4 Å². The molecule has 0 radical (unpaired) electrons. The van der Waals surface area contributed by atoms with Crippen LogP contribution in [0.2, 0.25) is 0 Å². The first-order chi connectivity index (χ1) is 6.84. The molecule has 0 saturated heterocycles. The van der Waals surface area contributed by atoms with E-state index >= 15 is 0 Å². The second kappa shape index (κ2) is 4.61. The molecule has 0 fully saturated rings. The predicted molar refractivity (Wildman–Crippen MR) is 51.7 cm³/mol. The fourth-order valence-electron chi connectivity index (χ4n) is 0.845. The molecule has 0 unspecified atom stereocenters. The van der Waals surface area contributed by atoms with Crippen LogP contribution in [0.25, 0.3) is 0 Å². The highest BCUT2D eigenvalue weighted by Crippen LogP contribution is 2.28. The molecule has 0 spiro atoms. The van der Waals surface area contributed by atoms with Gasteiger partial charge in [0.05, 0.1) is 3.79 Å². The summed E-state index contributed by atoms with van der Waals surface area (Å²) in [4.78, 5) is 11.2. The van der Waals surface area contributed by atoms with Crippen molar-refractivity contribution < 1.29 is 22.4 Å². The Labute approximate surface area is 95.2 Å². The maximum absolute atomic E-state index is 12.5. The summed E-state index contributed by atoms with van der Waals surface area (Å²) in [5, 5.41) is 0. The minimum absolute atomic E-state index is 0.326. The number of halogens is 5. The number of carbonyl (C=O) groups is 1. The van der Waals surface area contributed by atoms with Gasteiger partial charge in [-0.05, 0) is 28.1 Å². The molecule has 1 rings (SSSR count). The summed E-state index contributed by atoms with van der Waals surface area (Å²) < 4.78 is 49.3. The van der Waals surface area contributed by atoms with Crippen molar-refractivity contribution in [1.29, 1.82) is 0 Å². The molecule has 0 N–H and O–H groups in total. The molecule has 84 valence electrons. The summed E-state index contributed by atoms with van der Waals surface area (Å²) in [6.45, 7) is 0. The molecule has 1 aromatic rings. The smallest absolute Gasteiger partial charge is 0.292 e. The minimum Gasteiger partial charge on any atom is -0.292 e. The van der Waals surface area contributed by atoms with Crippen molar-refractivity contribution >= 4 is 33.0 Å². The van der Waals surface area contributed by atoms with E-state index in [1.54, 1.807) is 6.07 Å². The van der Waals surface area contributed by atoms with E-state index in [0.29, 0.717) is 8.66 Å². The van der Waals surface area contributed by atoms with Gasteiger partial charge in [-0.2, -0.15) is 8.78 Å². The van der Waals surface area contributed by atoms with Crippen LogP contribution in [0.1, 0.15) is 4.88 Å². The van der Waals surface area contributed by atoms with Gasteiger partial charge in [-0.15, -0.1) is 11.3 Å². The summed E-state index contributed by atoms with van der Waals surface area (Å²) in [7, 11) is 0. The van der Waals surface area contributed by atoms with E-state index < -0.39 is 24.6 Å². The number of rotatable bonds is 4. The average molecular weight is 305 g/mol. The second-order valence-electron chi connectivity index (χ2n) is 2.73. The molecule has 1 aromatic heterocycles. The first-order valence-corrected chi connectivity index (χ1v) is 5.38. The molecular weight excluding hydrogens is 300 g/mol. The molecule has 0 saturated carbocycles. The van der Waals surface area contributed by atoms with Gasteiger partial charge in [0.15, 0.2) is 0 Å². The SMILES string of the molecule is O=C(Cc1ccc(Br)s1)C(F)(F)C(F)F. The largest absolute Gasteiger partial charge is 0.364 e. The summed E-state index contributed by atoms with van der Waals surface area (Å²) in [5.41, 5.74) is 0. The van der Waals surface area contributed by atoms with Crippen LogP contribution in [-0.2, 0) is 11.2 Å². The van der Waals surface area contributed by atoms with Gasteiger partial charge in [-0.3, -0.25) is 4.79 Å². The molecular formula is C8H5BrF4OS. The second-order valence-corrected chi connectivity index (χ2v) is 5.28. The number of Topliss-reactive ketones (excluding diaryl/α,β-unsaturated/α-hetero) is 1. The first kappa shape index (κ1) is 12.6. The van der Waals surface area contributed by atoms with Crippen molar-refractivity contribution in [2.24, 2.45) is 0 Å². The molecule has 0 aromatic carbocycles. The highest BCUT2D eigenvalue weighted by atomic mass is 79.9. The Balaban J connectivity index is 2.71. The Morgan fingerprint density at radius 1 is 1.47 bits per heavy atom. The van der Waals surface area contributed by atoms with E-state index in [1.807, 2.05) is 0 Å². The summed E-state index contributed by atoms with van der Waals surface area (Å²) in [6, 6.07) is 3.00. The fraction of sp³-hybridized carbons (Fsp3) is 0.375. The van der Waals surface area contributed by atoms with E-state index in [4.69, 9.17) is 0 Å². The third-order valence-electron chi connectivity index (χ3n) is 1.61. The molecule has 0 bridgehead atoms. The van der Waals surface area contributed by atoms with Crippen LogP contribution in [0.15, 0.2) is 15.9 Å². The maximum Gasteiger partial charge on any atom is 0.364 e. The third kappa shape index (κ3) is 3.01. The van der Waals surface area contributed by atoms with Crippen LogP contribution in [0.4, 0.5) is 17.6 Å². The Morgan fingerprint density at radius 2 is 2.07 bits per heavy atom. The summed E-state index contributed by atoms with van der Waals surface area (Å²) in [5.74, 6) is -6.32. The molecule has 7 heteroatoms. The molecule has 0 aliphatic rings. The van der Waals surface area contributed by atoms with Crippen molar-refractivity contribution in [3.05, 3.63) is 20.8 Å². The lowest BCUT2D eigenvalue weighted by atomic mass is 10.1. The van der Waals surface area contributed by atoms with E-state index in [0.717, 1.165) is 11.3 Å². The van der Waals surface area contributed by atoms with Gasteiger partial charge < -0.3 is 0 Å². The van der Waals surface area contributed by atoms with Crippen LogP contribution < -0.4 is 0 Å². The molecule has 0 aliphatic heterocycles. The Bertz CT molecular complexity index is 363. The number of hydrogen-bond acceptors (Lipinski definition) is 2. The van der Waals surface area contributed by atoms with Crippen molar-refractivity contribution in [2.45, 2.75) is 18.8 Å². The maximum atomic E-state index is 12.5. The summed E-state index contributed by atoms with van der Waals surface area (Å²) in [6.07, 6.45) is -4.62. The van der Waals surface area contributed by atoms with Crippen molar-refractivity contribution in [3.63, 3.8) is 0 Å². The van der Waals surface area contributed by atoms with Crippen LogP contribution in [0.5, 0.6) is 0 Å². The van der Waals surface area contributed by atoms with Gasteiger partial charge in [-0.1, -0.05) is 0 Å². The van der Waals surface area contributed by atoms with Crippen molar-refractivity contribution in [3.8, 4) is 0 Å². The first-order valence-electron chi connectivity index (χ1n) is 3.77. The lowest BCUT2D eigenvalue weighted by Gasteiger charge is -2.12. The van der Waals surface area contributed by atoms with Crippen LogP contribution >= 0.6 is 27.3 Å². The van der Waals surface area contributed by atoms with Gasteiger partial charge in [0.1, 0.15) is 0 Å². The predicted octanol–water partition coefficient (Wildman–Crippen LogP) is 3.52. The number of carbonyl (C=O) groups excluding carboxylic acids is 1. The van der Waals surface area contributed by atoms with E-state index in [1.165, 1.54) is 6.07 Å². The Hall–Kier alpha value is -0.430. The quantitative estimate of drug-likeness (QED) is 0.778. The van der Waals surface area contributed by atoms with Crippen molar-refractivity contribution in [1.82, 2.24) is 0 Å². The number of ketones is 1. The van der Waals surface area contributed by atoms with Crippen molar-refractivity contribution in [2.75, 3.05) is 0 Å². The molecule has 0 atom stereocenters. The van der Waals surface area contributed by atoms with Crippen LogP contribution in [-0.4, -0.2) is 18.1 Å². The zero-order valence-corrected chi connectivity index (χ0v) is 9.55. The average Bonchev–Trinajstić information content (AvgIpc) is 2.50. The Morgan fingerprint density at radius 3 is 2.47 bits per heavy atom. The zero-order valence-electron chi connectivity index (χ0n) is 7.15. The van der Waals surface area contributed by atoms with Gasteiger partial charge >= 0.3 is 12.3 Å². The monoisotopic (exact) mass is 304 g/mol. The van der Waals surface area contributed by atoms with E-state index in [-0.39, 0.29) is 0 Å². The fourth-order valence-corrected chi connectivity index (χ4v) is 2.33. The molecule has 0 aliphatic carbocycles. The van der Waals surface area contributed by atoms with Crippen LogP contribution in [0.3, 0.4) is 0 Å². The number of hydrogen-bond donors (Lipinski definition) is 0. The lowest BCUT2D eigenvalue weighted by Crippen LogP contribution is -2.37. The molecule has 15 heavy (non-hydrogen) atoms. The van der Waals surface area contributed by atoms with E-state index in [2.05, 4.69) is 15.9 Å². The minimum atomic E-state index is -4.56. The lowest BCUT2D eigenvalue weighted by molar-refractivity contribution is -0.166. The third-order valence-corrected chi connectivity index (χ3v) is 3.23. The highest BCUT2D eigenvalue weighted by molar-refractivity contribution is 9.11. The molecule has 1 nitrogen and oxygen atoms in total. The normalized spacial score (nSPS) is 12.1.